The van der Waals surface area contributed by atoms with Gasteiger partial charge in [0.25, 0.3) is 0 Å². The molecule has 2 N–H and O–H groups in total. The minimum Gasteiger partial charge on any atom is -0.345 e. The largest absolute Gasteiger partial charge is 0.345 e. The summed E-state index contributed by atoms with van der Waals surface area (Å²) in [5.74, 6) is 0. The normalized spacial score (nSPS) is 10.0. The Balaban J connectivity index is 2.17. The van der Waals surface area contributed by atoms with E-state index in [9.17, 15) is 0 Å². The first kappa shape index (κ1) is 13.1. The van der Waals surface area contributed by atoms with Gasteiger partial charge in [0.1, 0.15) is 0 Å². The van der Waals surface area contributed by atoms with Crippen LogP contribution in [-0.4, -0.2) is 22.9 Å². The van der Waals surface area contributed by atoms with E-state index in [1.54, 1.807) is 12.5 Å². The maximum absolute atomic E-state index is 7.49. The van der Waals surface area contributed by atoms with Crippen molar-refractivity contribution in [1.29, 1.82) is 5.41 Å². The highest BCUT2D eigenvalue weighted by Crippen LogP contribution is 2.20. The quantitative estimate of drug-likeness (QED) is 0.488. The third kappa shape index (κ3) is 3.31. The highest BCUT2D eigenvalue weighted by atomic mass is 15.1. The van der Waals surface area contributed by atoms with Crippen molar-refractivity contribution in [2.75, 3.05) is 11.4 Å². The van der Waals surface area contributed by atoms with Crippen molar-refractivity contribution in [3.05, 3.63) is 48.4 Å². The molecular weight excluding hydrogens is 236 g/mol. The van der Waals surface area contributed by atoms with Crippen LogP contribution in [0.5, 0.6) is 0 Å². The van der Waals surface area contributed by atoms with Crippen LogP contribution in [0.15, 0.2) is 48.4 Å². The van der Waals surface area contributed by atoms with E-state index < -0.39 is 0 Å². The van der Waals surface area contributed by atoms with Gasteiger partial charge in [-0.3, -0.25) is 5.41 Å². The Morgan fingerprint density at radius 2 is 2.05 bits per heavy atom. The molecule has 4 heteroatoms. The molecule has 0 bridgehead atoms. The fraction of sp³-hybridized carbons (Fsp3) is 0.200. The first-order chi connectivity index (χ1) is 9.20. The standard InChI is InChI=1S/C15H18N4/c1-12(2)7-8-19(10-16)14-5-3-13(4-6-14)15-9-17-11-18-15/h3-7,9-11,16H,8H2,1-2H3,(H,17,18). The van der Waals surface area contributed by atoms with Crippen LogP contribution in [0.1, 0.15) is 13.8 Å². The Morgan fingerprint density at radius 1 is 1.32 bits per heavy atom. The number of nitrogens with zero attached hydrogens (tertiary/aromatic N) is 2. The summed E-state index contributed by atoms with van der Waals surface area (Å²) in [6, 6.07) is 8.09. The van der Waals surface area contributed by atoms with Gasteiger partial charge in [0.05, 0.1) is 24.6 Å². The third-order valence-electron chi connectivity index (χ3n) is 2.86. The average molecular weight is 254 g/mol. The van der Waals surface area contributed by atoms with Gasteiger partial charge in [0, 0.05) is 12.2 Å². The van der Waals surface area contributed by atoms with E-state index >= 15 is 0 Å². The lowest BCUT2D eigenvalue weighted by Gasteiger charge is -2.17. The number of benzene rings is 1. The van der Waals surface area contributed by atoms with Gasteiger partial charge in [-0.1, -0.05) is 23.8 Å². The van der Waals surface area contributed by atoms with E-state index in [4.69, 9.17) is 5.41 Å². The van der Waals surface area contributed by atoms with E-state index in [-0.39, 0.29) is 0 Å². The van der Waals surface area contributed by atoms with Crippen molar-refractivity contribution in [3.8, 4) is 11.3 Å². The molecule has 1 heterocycles. The summed E-state index contributed by atoms with van der Waals surface area (Å²) in [7, 11) is 0. The number of imidazole rings is 1. The van der Waals surface area contributed by atoms with Crippen molar-refractivity contribution >= 4 is 12.0 Å². The zero-order valence-electron chi connectivity index (χ0n) is 11.2. The second-order valence-corrected chi connectivity index (χ2v) is 4.58. The van der Waals surface area contributed by atoms with Crippen LogP contribution < -0.4 is 4.90 Å². The Labute approximate surface area is 113 Å². The number of rotatable bonds is 5. The molecular formula is C15H18N4. The van der Waals surface area contributed by atoms with Crippen molar-refractivity contribution in [2.45, 2.75) is 13.8 Å². The molecule has 0 spiro atoms. The van der Waals surface area contributed by atoms with Gasteiger partial charge in [-0.05, 0) is 31.5 Å². The topological polar surface area (TPSA) is 55.8 Å². The SMILES string of the molecule is CC(C)=CCN(C=N)c1ccc(-c2cnc[nH]2)cc1. The second kappa shape index (κ2) is 6.00. The van der Waals surface area contributed by atoms with Gasteiger partial charge < -0.3 is 9.88 Å². The molecule has 0 saturated heterocycles. The predicted molar refractivity (Wildman–Crippen MR) is 79.6 cm³/mol. The summed E-state index contributed by atoms with van der Waals surface area (Å²) in [4.78, 5) is 8.98. The smallest absolute Gasteiger partial charge is 0.0924 e. The minimum atomic E-state index is 0.717. The molecule has 0 saturated carbocycles. The number of allylic oxidation sites excluding steroid dienone is 1. The molecule has 0 aliphatic rings. The average Bonchev–Trinajstić information content (AvgIpc) is 2.94. The summed E-state index contributed by atoms with van der Waals surface area (Å²) in [6.07, 6.45) is 6.92. The Morgan fingerprint density at radius 3 is 2.58 bits per heavy atom. The lowest BCUT2D eigenvalue weighted by molar-refractivity contribution is 1.13. The number of hydrogen-bond donors (Lipinski definition) is 2. The summed E-state index contributed by atoms with van der Waals surface area (Å²) in [5, 5.41) is 7.49. The lowest BCUT2D eigenvalue weighted by Crippen LogP contribution is -2.20. The van der Waals surface area contributed by atoms with Crippen molar-refractivity contribution in [3.63, 3.8) is 0 Å². The summed E-state index contributed by atoms with van der Waals surface area (Å²) < 4.78 is 0. The zero-order valence-corrected chi connectivity index (χ0v) is 11.2. The van der Waals surface area contributed by atoms with E-state index in [0.717, 1.165) is 23.5 Å². The monoisotopic (exact) mass is 254 g/mol. The number of aromatic nitrogens is 2. The molecule has 98 valence electrons. The number of nitrogens with one attached hydrogen (secondary N) is 2. The molecule has 0 aliphatic carbocycles. The van der Waals surface area contributed by atoms with Crippen LogP contribution in [-0.2, 0) is 0 Å². The Hall–Kier alpha value is -2.36. The zero-order chi connectivity index (χ0) is 13.7. The molecule has 2 rings (SSSR count). The van der Waals surface area contributed by atoms with Crippen LogP contribution in [0.3, 0.4) is 0 Å². The molecule has 0 atom stereocenters. The van der Waals surface area contributed by atoms with Crippen molar-refractivity contribution < 1.29 is 0 Å². The fourth-order valence-corrected chi connectivity index (χ4v) is 1.76. The van der Waals surface area contributed by atoms with E-state index in [0.29, 0.717) is 0 Å². The third-order valence-corrected chi connectivity index (χ3v) is 2.86. The van der Waals surface area contributed by atoms with Gasteiger partial charge in [0.2, 0.25) is 0 Å². The molecule has 4 nitrogen and oxygen atoms in total. The summed E-state index contributed by atoms with van der Waals surface area (Å²) in [6.45, 7) is 4.84. The van der Waals surface area contributed by atoms with Crippen LogP contribution in [0, 0.1) is 5.41 Å². The lowest BCUT2D eigenvalue weighted by atomic mass is 10.1. The number of hydrogen-bond acceptors (Lipinski definition) is 2. The highest BCUT2D eigenvalue weighted by Gasteiger charge is 2.03. The summed E-state index contributed by atoms with van der Waals surface area (Å²) >= 11 is 0. The van der Waals surface area contributed by atoms with E-state index in [1.807, 2.05) is 29.2 Å². The number of aromatic amines is 1. The molecule has 1 aromatic carbocycles. The molecule has 0 amide bonds. The van der Waals surface area contributed by atoms with E-state index in [2.05, 4.69) is 29.9 Å². The van der Waals surface area contributed by atoms with Crippen LogP contribution in [0.4, 0.5) is 5.69 Å². The minimum absolute atomic E-state index is 0.717. The van der Waals surface area contributed by atoms with Crippen LogP contribution >= 0.6 is 0 Å². The predicted octanol–water partition coefficient (Wildman–Crippen LogP) is 3.46. The van der Waals surface area contributed by atoms with Gasteiger partial charge in [-0.15, -0.1) is 0 Å². The maximum Gasteiger partial charge on any atom is 0.0924 e. The van der Waals surface area contributed by atoms with Crippen LogP contribution in [0.25, 0.3) is 11.3 Å². The Kier molecular flexibility index (Phi) is 4.13. The fourth-order valence-electron chi connectivity index (χ4n) is 1.76. The number of H-pyrrole nitrogens is 1. The molecule has 0 unspecified atom stereocenters. The van der Waals surface area contributed by atoms with Gasteiger partial charge in [0.15, 0.2) is 0 Å². The second-order valence-electron chi connectivity index (χ2n) is 4.58. The van der Waals surface area contributed by atoms with Gasteiger partial charge in [-0.25, -0.2) is 4.98 Å². The molecule has 2 aromatic rings. The highest BCUT2D eigenvalue weighted by molar-refractivity contribution is 5.78. The van der Waals surface area contributed by atoms with Gasteiger partial charge in [-0.2, -0.15) is 0 Å². The molecule has 1 aromatic heterocycles. The van der Waals surface area contributed by atoms with Gasteiger partial charge >= 0.3 is 0 Å². The molecule has 0 radical (unpaired) electrons. The van der Waals surface area contributed by atoms with Crippen molar-refractivity contribution in [2.24, 2.45) is 0 Å². The van der Waals surface area contributed by atoms with Crippen LogP contribution in [0.2, 0.25) is 0 Å². The Bertz CT molecular complexity index is 548. The first-order valence-corrected chi connectivity index (χ1v) is 6.20. The van der Waals surface area contributed by atoms with Crippen molar-refractivity contribution in [1.82, 2.24) is 9.97 Å². The summed E-state index contributed by atoms with van der Waals surface area (Å²) in [5.41, 5.74) is 4.35. The van der Waals surface area contributed by atoms with E-state index in [1.165, 1.54) is 11.9 Å². The maximum atomic E-state index is 7.49. The molecule has 0 aliphatic heterocycles. The molecule has 0 fully saturated rings. The number of anilines is 1. The molecule has 19 heavy (non-hydrogen) atoms. The first-order valence-electron chi connectivity index (χ1n) is 6.20.